The van der Waals surface area contributed by atoms with E-state index in [1.807, 2.05) is 48.5 Å². The summed E-state index contributed by atoms with van der Waals surface area (Å²) in [5.74, 6) is -0.502. The lowest BCUT2D eigenvalue weighted by Gasteiger charge is -2.28. The Morgan fingerprint density at radius 2 is 1.73 bits per heavy atom. The minimum Gasteiger partial charge on any atom is -0.321 e. The number of aromatic nitrogens is 1. The number of hydrogen-bond acceptors (Lipinski definition) is 4. The van der Waals surface area contributed by atoms with Crippen molar-refractivity contribution in [3.63, 3.8) is 0 Å². The fourth-order valence-electron chi connectivity index (χ4n) is 4.00. The Morgan fingerprint density at radius 3 is 2.58 bits per heavy atom. The van der Waals surface area contributed by atoms with E-state index in [0.29, 0.717) is 25.2 Å². The number of carbonyl (C=O) groups excluding carboxylic acids is 1. The molecule has 166 valence electrons. The van der Waals surface area contributed by atoms with Crippen LogP contribution in [0.5, 0.6) is 0 Å². The summed E-state index contributed by atoms with van der Waals surface area (Å²) in [5.41, 5.74) is 3.54. The van der Waals surface area contributed by atoms with Gasteiger partial charge >= 0.3 is 0 Å². The van der Waals surface area contributed by atoms with Gasteiger partial charge in [-0.05, 0) is 47.9 Å². The summed E-state index contributed by atoms with van der Waals surface area (Å²) in [4.78, 5) is 17.3. The molecule has 1 aliphatic heterocycles. The fraction of sp³-hybridized carbons (Fsp3) is 0.120. The standard InChI is InChI=1S/C25H20ClN3O3S/c26-23-10-9-21(33(31,32)29-12-11-17-5-1-2-7-19(17)16-29)14-22(23)25(30)28-20-13-18-6-3-4-8-24(18)27-15-20/h1-10,13-15H,11-12,16H2,(H,28,30). The zero-order valence-electron chi connectivity index (χ0n) is 17.5. The van der Waals surface area contributed by atoms with Gasteiger partial charge in [-0.15, -0.1) is 0 Å². The van der Waals surface area contributed by atoms with E-state index in [-0.39, 0.29) is 15.5 Å². The molecule has 8 heteroatoms. The lowest BCUT2D eigenvalue weighted by Crippen LogP contribution is -2.36. The Balaban J connectivity index is 1.42. The van der Waals surface area contributed by atoms with Gasteiger partial charge in [-0.2, -0.15) is 4.31 Å². The molecule has 1 aliphatic rings. The van der Waals surface area contributed by atoms with Crippen molar-refractivity contribution in [3.8, 4) is 0 Å². The van der Waals surface area contributed by atoms with E-state index in [0.717, 1.165) is 22.0 Å². The van der Waals surface area contributed by atoms with Gasteiger partial charge in [-0.1, -0.05) is 54.1 Å². The van der Waals surface area contributed by atoms with Crippen LogP contribution in [0, 0.1) is 0 Å². The van der Waals surface area contributed by atoms with Gasteiger partial charge in [0.25, 0.3) is 5.91 Å². The van der Waals surface area contributed by atoms with Crippen LogP contribution < -0.4 is 5.32 Å². The van der Waals surface area contributed by atoms with E-state index in [9.17, 15) is 13.2 Å². The number of nitrogens with zero attached hydrogens (tertiary/aromatic N) is 2. The highest BCUT2D eigenvalue weighted by Crippen LogP contribution is 2.28. The minimum absolute atomic E-state index is 0.0352. The highest BCUT2D eigenvalue weighted by molar-refractivity contribution is 7.89. The van der Waals surface area contributed by atoms with Gasteiger partial charge in [-0.3, -0.25) is 9.78 Å². The molecule has 0 bridgehead atoms. The Morgan fingerprint density at radius 1 is 0.970 bits per heavy atom. The summed E-state index contributed by atoms with van der Waals surface area (Å²) in [6.07, 6.45) is 2.20. The van der Waals surface area contributed by atoms with Crippen LogP contribution >= 0.6 is 11.6 Å². The van der Waals surface area contributed by atoms with Gasteiger partial charge in [0, 0.05) is 18.5 Å². The second-order valence-corrected chi connectivity index (χ2v) is 10.2. The molecule has 0 unspecified atom stereocenters. The third-order valence-corrected chi connectivity index (χ3v) is 7.93. The molecule has 1 amide bonds. The van der Waals surface area contributed by atoms with Crippen molar-refractivity contribution in [1.29, 1.82) is 0 Å². The Kier molecular flexibility index (Phi) is 5.62. The van der Waals surface area contributed by atoms with E-state index >= 15 is 0 Å². The van der Waals surface area contributed by atoms with Crippen molar-refractivity contribution in [2.75, 3.05) is 11.9 Å². The molecule has 1 aromatic heterocycles. The van der Waals surface area contributed by atoms with Gasteiger partial charge in [0.2, 0.25) is 10.0 Å². The normalized spacial score (nSPS) is 14.1. The number of benzene rings is 3. The molecule has 5 rings (SSSR count). The van der Waals surface area contributed by atoms with Crippen LogP contribution in [-0.4, -0.2) is 30.2 Å². The number of carbonyl (C=O) groups is 1. The van der Waals surface area contributed by atoms with E-state index < -0.39 is 15.9 Å². The van der Waals surface area contributed by atoms with Gasteiger partial charge < -0.3 is 5.32 Å². The minimum atomic E-state index is -3.80. The first-order chi connectivity index (χ1) is 15.9. The first-order valence-corrected chi connectivity index (χ1v) is 12.3. The van der Waals surface area contributed by atoms with Crippen LogP contribution in [-0.2, 0) is 23.0 Å². The maximum absolute atomic E-state index is 13.3. The van der Waals surface area contributed by atoms with Crippen LogP contribution in [0.1, 0.15) is 21.5 Å². The molecular formula is C25H20ClN3O3S. The molecule has 0 saturated heterocycles. The summed E-state index contributed by atoms with van der Waals surface area (Å²) < 4.78 is 28.1. The number of anilines is 1. The summed E-state index contributed by atoms with van der Waals surface area (Å²) in [6, 6.07) is 21.4. The van der Waals surface area contributed by atoms with Crippen molar-refractivity contribution in [2.24, 2.45) is 0 Å². The van der Waals surface area contributed by atoms with Crippen molar-refractivity contribution < 1.29 is 13.2 Å². The molecule has 1 N–H and O–H groups in total. The fourth-order valence-corrected chi connectivity index (χ4v) is 5.65. The summed E-state index contributed by atoms with van der Waals surface area (Å²) >= 11 is 6.27. The van der Waals surface area contributed by atoms with Crippen molar-refractivity contribution in [2.45, 2.75) is 17.9 Å². The van der Waals surface area contributed by atoms with E-state index in [1.165, 1.54) is 22.5 Å². The quantitative estimate of drug-likeness (QED) is 0.454. The average Bonchev–Trinajstić information content (AvgIpc) is 2.83. The third kappa shape index (κ3) is 4.23. The monoisotopic (exact) mass is 477 g/mol. The van der Waals surface area contributed by atoms with Gasteiger partial charge in [0.05, 0.1) is 32.9 Å². The second-order valence-electron chi connectivity index (χ2n) is 7.87. The van der Waals surface area contributed by atoms with Gasteiger partial charge in [0.15, 0.2) is 0 Å². The summed E-state index contributed by atoms with van der Waals surface area (Å²) in [7, 11) is -3.80. The van der Waals surface area contributed by atoms with Crippen LogP contribution in [0.3, 0.4) is 0 Å². The molecule has 2 heterocycles. The highest BCUT2D eigenvalue weighted by Gasteiger charge is 2.29. The van der Waals surface area contributed by atoms with Gasteiger partial charge in [0.1, 0.15) is 0 Å². The Hall–Kier alpha value is -3.26. The molecular weight excluding hydrogens is 458 g/mol. The molecule has 0 aliphatic carbocycles. The first-order valence-electron chi connectivity index (χ1n) is 10.4. The third-order valence-electron chi connectivity index (χ3n) is 5.76. The number of amides is 1. The number of fused-ring (bicyclic) bond motifs is 2. The lowest BCUT2D eigenvalue weighted by atomic mass is 10.0. The molecule has 4 aromatic rings. The van der Waals surface area contributed by atoms with Crippen LogP contribution in [0.15, 0.2) is 83.9 Å². The van der Waals surface area contributed by atoms with Crippen LogP contribution in [0.2, 0.25) is 5.02 Å². The largest absolute Gasteiger partial charge is 0.321 e. The molecule has 0 radical (unpaired) electrons. The maximum Gasteiger partial charge on any atom is 0.257 e. The van der Waals surface area contributed by atoms with E-state index in [2.05, 4.69) is 10.3 Å². The van der Waals surface area contributed by atoms with Crippen molar-refractivity contribution in [1.82, 2.24) is 9.29 Å². The van der Waals surface area contributed by atoms with Crippen LogP contribution in [0.25, 0.3) is 10.9 Å². The Bertz CT molecular complexity index is 1490. The molecule has 0 spiro atoms. The topological polar surface area (TPSA) is 79.4 Å². The Labute approximate surface area is 196 Å². The average molecular weight is 478 g/mol. The SMILES string of the molecule is O=C(Nc1cnc2ccccc2c1)c1cc(S(=O)(=O)N2CCc3ccccc3C2)ccc1Cl. The number of hydrogen-bond donors (Lipinski definition) is 1. The van der Waals surface area contributed by atoms with Gasteiger partial charge in [-0.25, -0.2) is 8.42 Å². The second kappa shape index (κ2) is 8.59. The van der Waals surface area contributed by atoms with E-state index in [4.69, 9.17) is 11.6 Å². The highest BCUT2D eigenvalue weighted by atomic mass is 35.5. The number of halogens is 1. The molecule has 0 saturated carbocycles. The number of nitrogens with one attached hydrogen (secondary N) is 1. The molecule has 0 fully saturated rings. The summed E-state index contributed by atoms with van der Waals surface area (Å²) in [6.45, 7) is 0.678. The number of para-hydroxylation sites is 1. The molecule has 0 atom stereocenters. The van der Waals surface area contributed by atoms with Crippen LogP contribution in [0.4, 0.5) is 5.69 Å². The lowest BCUT2D eigenvalue weighted by molar-refractivity contribution is 0.102. The van der Waals surface area contributed by atoms with E-state index in [1.54, 1.807) is 12.3 Å². The predicted molar refractivity (Wildman–Crippen MR) is 129 cm³/mol. The first kappa shape index (κ1) is 21.6. The number of pyridine rings is 1. The number of sulfonamides is 1. The number of rotatable bonds is 4. The zero-order valence-corrected chi connectivity index (χ0v) is 19.1. The van der Waals surface area contributed by atoms with Crippen molar-refractivity contribution >= 4 is 44.1 Å². The smallest absolute Gasteiger partial charge is 0.257 e. The zero-order chi connectivity index (χ0) is 23.0. The molecule has 3 aromatic carbocycles. The van der Waals surface area contributed by atoms with Crippen molar-refractivity contribution in [3.05, 3.63) is 101 Å². The maximum atomic E-state index is 13.3. The molecule has 6 nitrogen and oxygen atoms in total. The summed E-state index contributed by atoms with van der Waals surface area (Å²) in [5, 5.41) is 3.82. The molecule has 33 heavy (non-hydrogen) atoms. The predicted octanol–water partition coefficient (Wildman–Crippen LogP) is 4.89.